The van der Waals surface area contributed by atoms with Crippen LogP contribution in [0.3, 0.4) is 0 Å². The summed E-state index contributed by atoms with van der Waals surface area (Å²) in [5.74, 6) is 0.760. The van der Waals surface area contributed by atoms with E-state index in [0.29, 0.717) is 5.69 Å². The van der Waals surface area contributed by atoms with Gasteiger partial charge in [-0.2, -0.15) is 0 Å². The molecule has 2 aromatic carbocycles. The summed E-state index contributed by atoms with van der Waals surface area (Å²) >= 11 is 1.83. The van der Waals surface area contributed by atoms with Gasteiger partial charge in [-0.3, -0.25) is 0 Å². The highest BCUT2D eigenvalue weighted by Gasteiger charge is 2.08. The van der Waals surface area contributed by atoms with E-state index in [1.165, 1.54) is 0 Å². The molecule has 0 aliphatic rings. The summed E-state index contributed by atoms with van der Waals surface area (Å²) in [6.45, 7) is 1.98. The quantitative estimate of drug-likeness (QED) is 0.613. The zero-order valence-corrected chi connectivity index (χ0v) is 10.2. The van der Waals surface area contributed by atoms with Crippen LogP contribution in [0.4, 0.5) is 5.69 Å². The van der Waals surface area contributed by atoms with Crippen molar-refractivity contribution in [3.8, 4) is 5.75 Å². The summed E-state index contributed by atoms with van der Waals surface area (Å²) in [6.07, 6.45) is 0. The molecule has 4 heteroatoms. The van der Waals surface area contributed by atoms with Crippen LogP contribution in [-0.4, -0.2) is 0 Å². The monoisotopic (exact) mass is 313 g/mol. The Labute approximate surface area is 101 Å². The number of aryl methyl sites for hydroxylation is 1. The number of nitroso groups, excluding NO2 is 1. The van der Waals surface area contributed by atoms with Crippen LogP contribution in [0, 0.1) is 11.8 Å². The third kappa shape index (κ3) is 1.69. The van der Waals surface area contributed by atoms with Crippen LogP contribution in [0.2, 0.25) is 0 Å². The number of hydrogen-bond acceptors (Lipinski definition) is 3. The molecule has 0 bridgehead atoms. The number of nitrogens with zero attached hydrogens (tertiary/aromatic N) is 1. The Morgan fingerprint density at radius 2 is 2.07 bits per heavy atom. The highest BCUT2D eigenvalue weighted by atomic mass is 127. The van der Waals surface area contributed by atoms with E-state index in [9.17, 15) is 4.91 Å². The van der Waals surface area contributed by atoms with Crippen LogP contribution >= 0.6 is 23.0 Å². The van der Waals surface area contributed by atoms with Gasteiger partial charge in [-0.05, 0) is 29.8 Å². The fourth-order valence-corrected chi connectivity index (χ4v) is 2.04. The maximum absolute atomic E-state index is 10.6. The highest BCUT2D eigenvalue weighted by molar-refractivity contribution is 14.1. The summed E-state index contributed by atoms with van der Waals surface area (Å²) in [5.41, 5.74) is 1.52. The fourth-order valence-electron chi connectivity index (χ4n) is 1.67. The molecule has 2 aromatic rings. The van der Waals surface area contributed by atoms with Crippen molar-refractivity contribution in [2.45, 2.75) is 6.92 Å². The first-order valence-corrected chi connectivity index (χ1v) is 5.30. The third-order valence-electron chi connectivity index (χ3n) is 2.37. The summed E-state index contributed by atoms with van der Waals surface area (Å²) in [6, 6.07) is 9.19. The molecule has 0 aliphatic carbocycles. The maximum atomic E-state index is 10.6. The molecule has 0 saturated carbocycles. The molecule has 15 heavy (non-hydrogen) atoms. The summed E-state index contributed by atoms with van der Waals surface area (Å²) in [7, 11) is 0. The lowest BCUT2D eigenvalue weighted by Crippen LogP contribution is -1.83. The van der Waals surface area contributed by atoms with Gasteiger partial charge >= 0.3 is 0 Å². The van der Waals surface area contributed by atoms with Crippen LogP contribution in [0.25, 0.3) is 10.8 Å². The number of fused-ring (bicyclic) bond motifs is 1. The van der Waals surface area contributed by atoms with Gasteiger partial charge in [-0.1, -0.05) is 18.2 Å². The molecule has 0 spiro atoms. The van der Waals surface area contributed by atoms with Crippen molar-refractivity contribution in [3.05, 3.63) is 40.8 Å². The molecule has 0 unspecified atom stereocenters. The Hall–Kier alpha value is -1.17. The molecule has 0 radical (unpaired) electrons. The molecule has 0 atom stereocenters. The average molecular weight is 313 g/mol. The van der Waals surface area contributed by atoms with E-state index >= 15 is 0 Å². The third-order valence-corrected chi connectivity index (χ3v) is 2.84. The van der Waals surface area contributed by atoms with E-state index < -0.39 is 0 Å². The van der Waals surface area contributed by atoms with Gasteiger partial charge < -0.3 is 3.07 Å². The van der Waals surface area contributed by atoms with Crippen molar-refractivity contribution in [1.82, 2.24) is 0 Å². The van der Waals surface area contributed by atoms with Crippen LogP contribution < -0.4 is 3.07 Å². The molecule has 76 valence electrons. The largest absolute Gasteiger partial charge is 0.427 e. The second-order valence-corrected chi connectivity index (χ2v) is 3.69. The number of hydrogen-bond donors (Lipinski definition) is 0. The topological polar surface area (TPSA) is 38.7 Å². The van der Waals surface area contributed by atoms with E-state index in [1.807, 2.05) is 54.2 Å². The molecule has 0 amide bonds. The minimum atomic E-state index is 0.450. The molecule has 0 heterocycles. The van der Waals surface area contributed by atoms with Crippen molar-refractivity contribution in [1.29, 1.82) is 0 Å². The number of benzene rings is 2. The molecule has 0 aromatic heterocycles. The van der Waals surface area contributed by atoms with E-state index in [1.54, 1.807) is 6.07 Å². The predicted octanol–water partition coefficient (Wildman–Crippen LogP) is 4.27. The van der Waals surface area contributed by atoms with Crippen molar-refractivity contribution in [3.63, 3.8) is 0 Å². The SMILES string of the molecule is Cc1ccc(N=O)c2cccc(OI)c12. The summed E-state index contributed by atoms with van der Waals surface area (Å²) in [5, 5.41) is 4.79. The van der Waals surface area contributed by atoms with Crippen molar-refractivity contribution in [2.24, 2.45) is 5.18 Å². The lowest BCUT2D eigenvalue weighted by molar-refractivity contribution is 0.726. The Kier molecular flexibility index (Phi) is 2.86. The van der Waals surface area contributed by atoms with Crippen molar-refractivity contribution in [2.75, 3.05) is 0 Å². The van der Waals surface area contributed by atoms with E-state index in [0.717, 1.165) is 22.1 Å². The van der Waals surface area contributed by atoms with Gasteiger partial charge in [-0.25, -0.2) is 0 Å². The zero-order valence-electron chi connectivity index (χ0n) is 8.03. The van der Waals surface area contributed by atoms with Crippen LogP contribution in [0.5, 0.6) is 5.75 Å². The van der Waals surface area contributed by atoms with Crippen LogP contribution in [-0.2, 0) is 0 Å². The predicted molar refractivity (Wildman–Crippen MR) is 68.8 cm³/mol. The van der Waals surface area contributed by atoms with Crippen molar-refractivity contribution >= 4 is 39.5 Å². The minimum absolute atomic E-state index is 0.450. The standard InChI is InChI=1S/C11H8INO2/c1-7-5-6-9(13-14)8-3-2-4-10(15-12)11(7)8/h2-6H,1H3. The maximum Gasteiger partial charge on any atom is 0.192 e. The number of rotatable bonds is 2. The second kappa shape index (κ2) is 4.14. The molecule has 3 nitrogen and oxygen atoms in total. The smallest absolute Gasteiger partial charge is 0.192 e. The Morgan fingerprint density at radius 1 is 1.27 bits per heavy atom. The second-order valence-electron chi connectivity index (χ2n) is 3.25. The van der Waals surface area contributed by atoms with Gasteiger partial charge in [0, 0.05) is 10.8 Å². The molecule has 0 N–H and O–H groups in total. The van der Waals surface area contributed by atoms with Crippen LogP contribution in [0.1, 0.15) is 5.56 Å². The highest BCUT2D eigenvalue weighted by Crippen LogP contribution is 2.35. The van der Waals surface area contributed by atoms with E-state index in [2.05, 4.69) is 5.18 Å². The van der Waals surface area contributed by atoms with Gasteiger partial charge in [-0.15, -0.1) is 4.91 Å². The first-order valence-electron chi connectivity index (χ1n) is 4.42. The van der Waals surface area contributed by atoms with E-state index in [4.69, 9.17) is 3.07 Å². The zero-order chi connectivity index (χ0) is 10.8. The average Bonchev–Trinajstić information content (AvgIpc) is 2.29. The van der Waals surface area contributed by atoms with Gasteiger partial charge in [0.25, 0.3) is 0 Å². The van der Waals surface area contributed by atoms with E-state index in [-0.39, 0.29) is 0 Å². The molecule has 0 aliphatic heterocycles. The summed E-state index contributed by atoms with van der Waals surface area (Å²) < 4.78 is 5.23. The first-order chi connectivity index (χ1) is 7.27. The molecule has 0 fully saturated rings. The van der Waals surface area contributed by atoms with Crippen molar-refractivity contribution < 1.29 is 3.07 Å². The Bertz CT molecular complexity index is 525. The molecular formula is C11H8INO2. The Balaban J connectivity index is 2.92. The molecule has 2 rings (SSSR count). The van der Waals surface area contributed by atoms with Gasteiger partial charge in [0.1, 0.15) is 11.4 Å². The van der Waals surface area contributed by atoms with Gasteiger partial charge in [0.05, 0.1) is 0 Å². The normalized spacial score (nSPS) is 10.3. The molecular weight excluding hydrogens is 305 g/mol. The van der Waals surface area contributed by atoms with Crippen LogP contribution in [0.15, 0.2) is 35.5 Å². The lowest BCUT2D eigenvalue weighted by Gasteiger charge is -2.07. The lowest BCUT2D eigenvalue weighted by atomic mass is 10.0. The van der Waals surface area contributed by atoms with Gasteiger partial charge in [0.2, 0.25) is 0 Å². The number of halogens is 1. The summed E-state index contributed by atoms with van der Waals surface area (Å²) in [4.78, 5) is 10.6. The minimum Gasteiger partial charge on any atom is -0.427 e. The molecule has 0 saturated heterocycles. The Morgan fingerprint density at radius 3 is 2.73 bits per heavy atom. The first kappa shape index (κ1) is 10.4. The fraction of sp³-hybridized carbons (Fsp3) is 0.0909. The van der Waals surface area contributed by atoms with Gasteiger partial charge in [0.15, 0.2) is 23.0 Å².